The number of carbonyl (C=O) groups excluding carboxylic acids is 3. The molecule has 0 heterocycles. The number of ether oxygens (including phenoxy) is 1. The van der Waals surface area contributed by atoms with Crippen LogP contribution in [0, 0.1) is 17.8 Å². The standard InChI is InChI=1S/C21H26N2O4S/c1-28-17-5-3-2-4-16(17)19(25)27-12-18(24)22-20(26)23-21-9-13-6-14(10-21)8-15(7-13)11-21/h2-5,13-15H,6-12H2,1H3,(H2,22,23,24,26). The van der Waals surface area contributed by atoms with Crippen molar-refractivity contribution >= 4 is 29.7 Å². The summed E-state index contributed by atoms with van der Waals surface area (Å²) in [6, 6.07) is 6.58. The first kappa shape index (κ1) is 19.3. The van der Waals surface area contributed by atoms with E-state index in [4.69, 9.17) is 4.74 Å². The first-order chi connectivity index (χ1) is 13.5. The van der Waals surface area contributed by atoms with Crippen molar-refractivity contribution < 1.29 is 19.1 Å². The van der Waals surface area contributed by atoms with Gasteiger partial charge in [-0.15, -0.1) is 11.8 Å². The number of esters is 1. The fourth-order valence-corrected chi connectivity index (χ4v) is 6.31. The average Bonchev–Trinajstić information content (AvgIpc) is 2.64. The number of rotatable bonds is 5. The maximum atomic E-state index is 12.4. The molecule has 0 unspecified atom stereocenters. The van der Waals surface area contributed by atoms with E-state index in [0.29, 0.717) is 23.3 Å². The summed E-state index contributed by atoms with van der Waals surface area (Å²) in [5, 5.41) is 5.40. The summed E-state index contributed by atoms with van der Waals surface area (Å²) in [4.78, 5) is 37.4. The molecule has 7 heteroatoms. The Hall–Kier alpha value is -2.02. The molecular weight excluding hydrogens is 376 g/mol. The van der Waals surface area contributed by atoms with Gasteiger partial charge in [-0.3, -0.25) is 10.1 Å². The van der Waals surface area contributed by atoms with Crippen LogP contribution in [0.15, 0.2) is 29.2 Å². The first-order valence-corrected chi connectivity index (χ1v) is 11.1. The Balaban J connectivity index is 1.27. The molecule has 4 aliphatic carbocycles. The van der Waals surface area contributed by atoms with Gasteiger partial charge in [-0.2, -0.15) is 0 Å². The third kappa shape index (κ3) is 4.04. The number of hydrogen-bond donors (Lipinski definition) is 2. The molecule has 2 N–H and O–H groups in total. The van der Waals surface area contributed by atoms with Crippen LogP contribution in [0.4, 0.5) is 4.79 Å². The predicted molar refractivity (Wildman–Crippen MR) is 106 cm³/mol. The molecule has 1 aromatic rings. The van der Waals surface area contributed by atoms with Gasteiger partial charge in [0.1, 0.15) is 0 Å². The van der Waals surface area contributed by atoms with Crippen LogP contribution in [0.1, 0.15) is 48.9 Å². The predicted octanol–water partition coefficient (Wildman–Crippen LogP) is 3.36. The fourth-order valence-electron chi connectivity index (χ4n) is 5.72. The molecule has 0 atom stereocenters. The van der Waals surface area contributed by atoms with E-state index >= 15 is 0 Å². The highest BCUT2D eigenvalue weighted by Gasteiger charge is 2.51. The number of nitrogens with one attached hydrogen (secondary N) is 2. The summed E-state index contributed by atoms with van der Waals surface area (Å²) in [5.74, 6) is 0.943. The minimum atomic E-state index is -0.614. The van der Waals surface area contributed by atoms with Crippen molar-refractivity contribution in [1.29, 1.82) is 0 Å². The second kappa shape index (κ2) is 7.78. The summed E-state index contributed by atoms with van der Waals surface area (Å²) >= 11 is 1.43. The second-order valence-electron chi connectivity index (χ2n) is 8.48. The van der Waals surface area contributed by atoms with Crippen molar-refractivity contribution in [2.24, 2.45) is 17.8 Å². The van der Waals surface area contributed by atoms with Gasteiger partial charge >= 0.3 is 12.0 Å². The molecule has 0 aliphatic heterocycles. The van der Waals surface area contributed by atoms with E-state index in [9.17, 15) is 14.4 Å². The highest BCUT2D eigenvalue weighted by Crippen LogP contribution is 2.55. The zero-order valence-corrected chi connectivity index (χ0v) is 16.8. The Bertz CT molecular complexity index is 759. The molecule has 4 fully saturated rings. The molecule has 0 radical (unpaired) electrons. The van der Waals surface area contributed by atoms with Crippen LogP contribution < -0.4 is 10.6 Å². The lowest BCUT2D eigenvalue weighted by Gasteiger charge is -2.56. The van der Waals surface area contributed by atoms with Crippen LogP contribution in [-0.2, 0) is 9.53 Å². The highest BCUT2D eigenvalue weighted by molar-refractivity contribution is 7.98. The Labute approximate surface area is 169 Å². The molecule has 28 heavy (non-hydrogen) atoms. The Morgan fingerprint density at radius 2 is 1.68 bits per heavy atom. The lowest BCUT2D eigenvalue weighted by Crippen LogP contribution is -2.62. The van der Waals surface area contributed by atoms with Crippen molar-refractivity contribution in [1.82, 2.24) is 10.6 Å². The first-order valence-electron chi connectivity index (χ1n) is 9.88. The number of hydrogen-bond acceptors (Lipinski definition) is 5. The van der Waals surface area contributed by atoms with Crippen molar-refractivity contribution in [3.05, 3.63) is 29.8 Å². The van der Waals surface area contributed by atoms with Gasteiger partial charge in [-0.05, 0) is 74.7 Å². The Morgan fingerprint density at radius 1 is 1.07 bits per heavy atom. The largest absolute Gasteiger partial charge is 0.452 e. The SMILES string of the molecule is CSc1ccccc1C(=O)OCC(=O)NC(=O)NC12CC3CC(CC(C3)C1)C2. The van der Waals surface area contributed by atoms with E-state index in [2.05, 4.69) is 10.6 Å². The van der Waals surface area contributed by atoms with E-state index in [1.807, 2.05) is 18.4 Å². The van der Waals surface area contributed by atoms with E-state index in [1.165, 1.54) is 31.0 Å². The molecular formula is C21H26N2O4S. The van der Waals surface area contributed by atoms with E-state index in [0.717, 1.165) is 24.2 Å². The monoisotopic (exact) mass is 402 g/mol. The molecule has 1 aromatic carbocycles. The smallest absolute Gasteiger partial charge is 0.339 e. The number of urea groups is 1. The van der Waals surface area contributed by atoms with Crippen molar-refractivity contribution in [2.45, 2.75) is 49.0 Å². The van der Waals surface area contributed by atoms with Gasteiger partial charge in [0.05, 0.1) is 5.56 Å². The summed E-state index contributed by atoms with van der Waals surface area (Å²) in [6.07, 6.45) is 8.77. The van der Waals surface area contributed by atoms with Gasteiger partial charge in [0, 0.05) is 10.4 Å². The van der Waals surface area contributed by atoms with Gasteiger partial charge in [0.25, 0.3) is 5.91 Å². The molecule has 0 saturated heterocycles. The number of amides is 3. The summed E-state index contributed by atoms with van der Waals surface area (Å²) in [5.41, 5.74) is 0.258. The number of benzene rings is 1. The lowest BCUT2D eigenvalue weighted by molar-refractivity contribution is -0.123. The van der Waals surface area contributed by atoms with Gasteiger partial charge in [-0.25, -0.2) is 9.59 Å². The molecule has 4 aliphatic rings. The van der Waals surface area contributed by atoms with Crippen molar-refractivity contribution in [2.75, 3.05) is 12.9 Å². The third-order valence-corrected chi connectivity index (χ3v) is 7.13. The van der Waals surface area contributed by atoms with E-state index in [1.54, 1.807) is 12.1 Å². The molecule has 0 aromatic heterocycles. The maximum Gasteiger partial charge on any atom is 0.339 e. The molecule has 4 bridgehead atoms. The molecule has 6 nitrogen and oxygen atoms in total. The van der Waals surface area contributed by atoms with Crippen LogP contribution in [0.5, 0.6) is 0 Å². The number of carbonyl (C=O) groups is 3. The van der Waals surface area contributed by atoms with Gasteiger partial charge in [0.2, 0.25) is 0 Å². The highest BCUT2D eigenvalue weighted by atomic mass is 32.2. The lowest BCUT2D eigenvalue weighted by atomic mass is 9.53. The van der Waals surface area contributed by atoms with Crippen molar-refractivity contribution in [3.63, 3.8) is 0 Å². The number of thioether (sulfide) groups is 1. The van der Waals surface area contributed by atoms with Crippen LogP contribution in [0.25, 0.3) is 0 Å². The quantitative estimate of drug-likeness (QED) is 0.583. The minimum Gasteiger partial charge on any atom is -0.452 e. The molecule has 150 valence electrons. The summed E-state index contributed by atoms with van der Waals surface area (Å²) < 4.78 is 5.08. The van der Waals surface area contributed by atoms with Crippen LogP contribution in [-0.4, -0.2) is 36.3 Å². The molecule has 5 rings (SSSR count). The fraction of sp³-hybridized carbons (Fsp3) is 0.571. The molecule has 0 spiro atoms. The average molecular weight is 403 g/mol. The zero-order chi connectivity index (χ0) is 19.7. The maximum absolute atomic E-state index is 12.4. The van der Waals surface area contributed by atoms with Crippen LogP contribution >= 0.6 is 11.8 Å². The second-order valence-corrected chi connectivity index (χ2v) is 9.32. The summed E-state index contributed by atoms with van der Waals surface area (Å²) in [6.45, 7) is -0.476. The van der Waals surface area contributed by atoms with Gasteiger partial charge in [-0.1, -0.05) is 12.1 Å². The van der Waals surface area contributed by atoms with E-state index in [-0.39, 0.29) is 5.54 Å². The topological polar surface area (TPSA) is 84.5 Å². The van der Waals surface area contributed by atoms with E-state index < -0.39 is 24.5 Å². The Morgan fingerprint density at radius 3 is 2.29 bits per heavy atom. The van der Waals surface area contributed by atoms with Crippen LogP contribution in [0.3, 0.4) is 0 Å². The minimum absolute atomic E-state index is 0.160. The zero-order valence-electron chi connectivity index (χ0n) is 16.0. The molecule has 3 amide bonds. The van der Waals surface area contributed by atoms with Gasteiger partial charge in [0.15, 0.2) is 6.61 Å². The molecule has 4 saturated carbocycles. The van der Waals surface area contributed by atoms with Crippen LogP contribution in [0.2, 0.25) is 0 Å². The van der Waals surface area contributed by atoms with Crippen molar-refractivity contribution in [3.8, 4) is 0 Å². The normalized spacial score (nSPS) is 30.0. The summed E-state index contributed by atoms with van der Waals surface area (Å²) in [7, 11) is 0. The number of imide groups is 1. The van der Waals surface area contributed by atoms with Gasteiger partial charge < -0.3 is 10.1 Å². The Kier molecular flexibility index (Phi) is 5.36. The third-order valence-electron chi connectivity index (χ3n) is 6.33.